The first kappa shape index (κ1) is 20.7. The van der Waals surface area contributed by atoms with Gasteiger partial charge in [-0.15, -0.1) is 12.4 Å². The molecule has 0 saturated carbocycles. The van der Waals surface area contributed by atoms with Gasteiger partial charge in [0.2, 0.25) is 0 Å². The molecule has 1 aromatic rings. The molecule has 1 saturated heterocycles. The Balaban J connectivity index is 0.00000288. The van der Waals surface area contributed by atoms with Crippen LogP contribution in [0, 0.1) is 5.82 Å². The minimum atomic E-state index is -4.82. The first-order chi connectivity index (χ1) is 10.9. The molecule has 2 N–H and O–H groups in total. The van der Waals surface area contributed by atoms with Crippen LogP contribution in [0.15, 0.2) is 18.2 Å². The van der Waals surface area contributed by atoms with E-state index in [1.54, 1.807) is 0 Å². The zero-order valence-corrected chi connectivity index (χ0v) is 13.8. The lowest BCUT2D eigenvalue weighted by atomic mass is 10.1. The van der Waals surface area contributed by atoms with Crippen molar-refractivity contribution in [3.8, 4) is 0 Å². The normalized spacial score (nSPS) is 15.7. The highest BCUT2D eigenvalue weighted by molar-refractivity contribution is 5.94. The van der Waals surface area contributed by atoms with E-state index in [0.29, 0.717) is 25.1 Å². The number of hydrogen-bond acceptors (Lipinski definition) is 3. The summed E-state index contributed by atoms with van der Waals surface area (Å²) in [6.07, 6.45) is -4.11. The van der Waals surface area contributed by atoms with Crippen molar-refractivity contribution in [3.63, 3.8) is 0 Å². The summed E-state index contributed by atoms with van der Waals surface area (Å²) < 4.78 is 51.0. The van der Waals surface area contributed by atoms with Gasteiger partial charge in [-0.1, -0.05) is 0 Å². The molecule has 1 fully saturated rings. The fourth-order valence-electron chi connectivity index (χ4n) is 2.43. The highest BCUT2D eigenvalue weighted by atomic mass is 35.5. The van der Waals surface area contributed by atoms with Crippen LogP contribution in [-0.4, -0.2) is 50.1 Å². The molecule has 24 heavy (non-hydrogen) atoms. The van der Waals surface area contributed by atoms with Gasteiger partial charge in [0.05, 0.1) is 5.56 Å². The molecule has 0 aromatic heterocycles. The molecule has 0 aliphatic carbocycles. The van der Waals surface area contributed by atoms with Crippen molar-refractivity contribution in [1.29, 1.82) is 0 Å². The number of rotatable bonds is 5. The molecule has 9 heteroatoms. The van der Waals surface area contributed by atoms with E-state index >= 15 is 0 Å². The van der Waals surface area contributed by atoms with E-state index in [-0.39, 0.29) is 18.0 Å². The summed E-state index contributed by atoms with van der Waals surface area (Å²) in [6, 6.07) is 2.26. The van der Waals surface area contributed by atoms with Crippen molar-refractivity contribution >= 4 is 18.3 Å². The van der Waals surface area contributed by atoms with Crippen LogP contribution in [0.1, 0.15) is 22.3 Å². The summed E-state index contributed by atoms with van der Waals surface area (Å²) in [5.41, 5.74) is -1.62. The molecule has 1 heterocycles. The molecule has 0 radical (unpaired) electrons. The van der Waals surface area contributed by atoms with Crippen LogP contribution in [0.25, 0.3) is 0 Å². The van der Waals surface area contributed by atoms with Gasteiger partial charge in [0.1, 0.15) is 5.82 Å². The van der Waals surface area contributed by atoms with Crippen LogP contribution in [0.3, 0.4) is 0 Å². The Kier molecular flexibility index (Phi) is 7.92. The topological polar surface area (TPSA) is 44.4 Å². The van der Waals surface area contributed by atoms with E-state index in [9.17, 15) is 22.4 Å². The number of alkyl halides is 3. The van der Waals surface area contributed by atoms with Gasteiger partial charge in [-0.25, -0.2) is 4.39 Å². The SMILES string of the molecule is Cl.O=C(NCCCN1CCNCC1)c1ccc(F)c(C(F)(F)F)c1. The lowest BCUT2D eigenvalue weighted by Gasteiger charge is -2.27. The van der Waals surface area contributed by atoms with Gasteiger partial charge in [-0.3, -0.25) is 4.79 Å². The number of nitrogens with one attached hydrogen (secondary N) is 2. The van der Waals surface area contributed by atoms with Crippen molar-refractivity contribution in [3.05, 3.63) is 35.1 Å². The van der Waals surface area contributed by atoms with Crippen molar-refractivity contribution in [2.24, 2.45) is 0 Å². The molecule has 0 unspecified atom stereocenters. The Hall–Kier alpha value is -1.38. The smallest absolute Gasteiger partial charge is 0.352 e. The molecule has 1 aliphatic heterocycles. The summed E-state index contributed by atoms with van der Waals surface area (Å²) in [6.45, 7) is 4.94. The second kappa shape index (κ2) is 9.19. The highest BCUT2D eigenvalue weighted by Gasteiger charge is 2.34. The van der Waals surface area contributed by atoms with Crippen molar-refractivity contribution in [2.75, 3.05) is 39.3 Å². The predicted octanol–water partition coefficient (Wildman–Crippen LogP) is 2.29. The molecule has 0 bridgehead atoms. The number of carbonyl (C=O) groups is 1. The Bertz CT molecular complexity index is 548. The minimum absolute atomic E-state index is 0. The number of piperazine rings is 1. The lowest BCUT2D eigenvalue weighted by molar-refractivity contribution is -0.140. The van der Waals surface area contributed by atoms with Crippen LogP contribution in [0.5, 0.6) is 0 Å². The van der Waals surface area contributed by atoms with E-state index in [1.165, 1.54) is 0 Å². The Morgan fingerprint density at radius 1 is 1.25 bits per heavy atom. The third kappa shape index (κ3) is 5.92. The van der Waals surface area contributed by atoms with Crippen molar-refractivity contribution in [1.82, 2.24) is 15.5 Å². The van der Waals surface area contributed by atoms with Crippen LogP contribution >= 0.6 is 12.4 Å². The second-order valence-corrected chi connectivity index (χ2v) is 5.39. The van der Waals surface area contributed by atoms with Crippen LogP contribution in [-0.2, 0) is 6.18 Å². The van der Waals surface area contributed by atoms with Gasteiger partial charge in [0, 0.05) is 38.3 Å². The maximum absolute atomic E-state index is 13.2. The first-order valence-electron chi connectivity index (χ1n) is 7.46. The number of hydrogen-bond donors (Lipinski definition) is 2. The number of benzene rings is 1. The van der Waals surface area contributed by atoms with E-state index in [2.05, 4.69) is 15.5 Å². The fraction of sp³-hybridized carbons (Fsp3) is 0.533. The highest BCUT2D eigenvalue weighted by Crippen LogP contribution is 2.31. The molecular formula is C15H20ClF4N3O. The standard InChI is InChI=1S/C15H19F4N3O.ClH/c16-13-3-2-11(10-12(13)15(17,18)19)14(23)21-4-1-7-22-8-5-20-6-9-22;/h2-3,10,20H,1,4-9H2,(H,21,23);1H. The molecular weight excluding hydrogens is 350 g/mol. The van der Waals surface area contributed by atoms with E-state index < -0.39 is 23.5 Å². The van der Waals surface area contributed by atoms with Gasteiger partial charge in [-0.05, 0) is 31.2 Å². The summed E-state index contributed by atoms with van der Waals surface area (Å²) in [5.74, 6) is -2.01. The van der Waals surface area contributed by atoms with Gasteiger partial charge < -0.3 is 15.5 Å². The summed E-state index contributed by atoms with van der Waals surface area (Å²) in [7, 11) is 0. The third-order valence-electron chi connectivity index (χ3n) is 3.68. The maximum atomic E-state index is 13.2. The molecule has 0 spiro atoms. The number of nitrogens with zero attached hydrogens (tertiary/aromatic N) is 1. The van der Waals surface area contributed by atoms with Gasteiger partial charge in [0.25, 0.3) is 5.91 Å². The summed E-state index contributed by atoms with van der Waals surface area (Å²) in [5, 5.41) is 5.80. The quantitative estimate of drug-likeness (QED) is 0.618. The monoisotopic (exact) mass is 369 g/mol. The van der Waals surface area contributed by atoms with Crippen LogP contribution < -0.4 is 10.6 Å². The predicted molar refractivity (Wildman–Crippen MR) is 84.9 cm³/mol. The van der Waals surface area contributed by atoms with Crippen molar-refractivity contribution in [2.45, 2.75) is 12.6 Å². The number of carbonyl (C=O) groups excluding carboxylic acids is 1. The average Bonchev–Trinajstić information content (AvgIpc) is 2.51. The molecule has 1 aliphatic rings. The van der Waals surface area contributed by atoms with Gasteiger partial charge in [-0.2, -0.15) is 13.2 Å². The number of amides is 1. The van der Waals surface area contributed by atoms with Gasteiger partial charge in [0.15, 0.2) is 0 Å². The van der Waals surface area contributed by atoms with Crippen molar-refractivity contribution < 1.29 is 22.4 Å². The third-order valence-corrected chi connectivity index (χ3v) is 3.68. The van der Waals surface area contributed by atoms with E-state index in [1.807, 2.05) is 0 Å². The minimum Gasteiger partial charge on any atom is -0.352 e. The van der Waals surface area contributed by atoms with E-state index in [4.69, 9.17) is 0 Å². The largest absolute Gasteiger partial charge is 0.419 e. The number of halogens is 5. The summed E-state index contributed by atoms with van der Waals surface area (Å²) in [4.78, 5) is 14.1. The zero-order valence-electron chi connectivity index (χ0n) is 13.0. The zero-order chi connectivity index (χ0) is 16.9. The summed E-state index contributed by atoms with van der Waals surface area (Å²) >= 11 is 0. The molecule has 1 amide bonds. The fourth-order valence-corrected chi connectivity index (χ4v) is 2.43. The molecule has 4 nitrogen and oxygen atoms in total. The maximum Gasteiger partial charge on any atom is 0.419 e. The molecule has 2 rings (SSSR count). The molecule has 1 aromatic carbocycles. The molecule has 0 atom stereocenters. The average molecular weight is 370 g/mol. The second-order valence-electron chi connectivity index (χ2n) is 5.39. The molecule has 136 valence electrons. The Labute approximate surface area is 144 Å². The first-order valence-corrected chi connectivity index (χ1v) is 7.46. The Morgan fingerprint density at radius 3 is 2.54 bits per heavy atom. The van der Waals surface area contributed by atoms with Gasteiger partial charge >= 0.3 is 6.18 Å². The lowest BCUT2D eigenvalue weighted by Crippen LogP contribution is -2.44. The van der Waals surface area contributed by atoms with Crippen LogP contribution in [0.4, 0.5) is 17.6 Å². The van der Waals surface area contributed by atoms with Crippen LogP contribution in [0.2, 0.25) is 0 Å². The Morgan fingerprint density at radius 2 is 1.92 bits per heavy atom. The van der Waals surface area contributed by atoms with E-state index in [0.717, 1.165) is 38.8 Å².